The van der Waals surface area contributed by atoms with Crippen LogP contribution in [0.15, 0.2) is 36.9 Å². The van der Waals surface area contributed by atoms with E-state index in [4.69, 9.17) is 10.6 Å². The Morgan fingerprint density at radius 3 is 2.60 bits per heavy atom. The van der Waals surface area contributed by atoms with Crippen molar-refractivity contribution in [2.45, 2.75) is 15.6 Å². The summed E-state index contributed by atoms with van der Waals surface area (Å²) in [7, 11) is 1.19. The number of hydrogen-bond acceptors (Lipinski definition) is 14. The van der Waals surface area contributed by atoms with Crippen LogP contribution in [0.3, 0.4) is 0 Å². The van der Waals surface area contributed by atoms with E-state index in [-0.39, 0.29) is 67.4 Å². The third kappa shape index (κ3) is 6.31. The second-order valence-electron chi connectivity index (χ2n) is 8.84. The Morgan fingerprint density at radius 2 is 2.00 bits per heavy atom. The van der Waals surface area contributed by atoms with Gasteiger partial charge in [-0.15, -0.1) is 46.2 Å². The molecular weight excluding hydrogens is 695 g/mol. The predicted octanol–water partition coefficient (Wildman–Crippen LogP) is -2.03. The molecule has 2 amide bonds. The third-order valence-corrected chi connectivity index (χ3v) is 10.8. The summed E-state index contributed by atoms with van der Waals surface area (Å²) < 4.78 is 41.2. The molecule has 5 rings (SSSR count). The number of nitrogens with one attached hydrogen (secondary N) is 1. The zero-order chi connectivity index (χ0) is 32.0. The number of oxime groups is 1. The van der Waals surface area contributed by atoms with Crippen LogP contribution in [-0.2, 0) is 19.2 Å². The van der Waals surface area contributed by atoms with E-state index in [9.17, 15) is 47.4 Å². The van der Waals surface area contributed by atoms with Crippen LogP contribution in [0.2, 0.25) is 0 Å². The Hall–Kier alpha value is -3.14. The number of carboxylic acids is 2. The maximum atomic E-state index is 14.5. The summed E-state index contributed by atoms with van der Waals surface area (Å²) in [6.45, 7) is 0. The number of β-lactam (4-membered cyclic amide) rings is 1. The molecule has 45 heavy (non-hydrogen) atoms. The average Bonchev–Trinajstić information content (AvgIpc) is 3.41. The van der Waals surface area contributed by atoms with E-state index in [1.165, 1.54) is 12.5 Å². The number of carboxylic acid groups (broad SMARTS) is 2. The first-order chi connectivity index (χ1) is 20.8. The molecule has 21 heteroatoms. The minimum absolute atomic E-state index is 0. The van der Waals surface area contributed by atoms with Gasteiger partial charge in [-0.25, -0.2) is 22.9 Å². The van der Waals surface area contributed by atoms with Crippen LogP contribution in [0.25, 0.3) is 10.1 Å². The molecule has 0 aliphatic carbocycles. The number of thiazole rings is 1. The number of thioether (sulfide) groups is 2. The number of hydrogen-bond donors (Lipinski definition) is 3. The predicted molar refractivity (Wildman–Crippen MR) is 153 cm³/mol. The maximum absolute atomic E-state index is 14.5. The number of aromatic carboxylic acids is 1. The normalized spacial score (nSPS) is 17.8. The molecule has 1 fully saturated rings. The number of carbonyl (C=O) groups is 4. The number of rotatable bonds is 9. The molecule has 2 aliphatic rings. The number of benzene rings is 1. The molecule has 2 aromatic heterocycles. The van der Waals surface area contributed by atoms with E-state index in [0.717, 1.165) is 28.0 Å². The first-order valence-corrected chi connectivity index (χ1v) is 15.6. The minimum atomic E-state index is -1.85. The molecule has 0 unspecified atom stereocenters. The summed E-state index contributed by atoms with van der Waals surface area (Å²) in [5, 5.41) is 28.0. The maximum Gasteiger partial charge on any atom is 1.00 e. The number of aliphatic carboxylic acids is 1. The van der Waals surface area contributed by atoms with Gasteiger partial charge >= 0.3 is 35.5 Å². The van der Waals surface area contributed by atoms with Crippen LogP contribution in [0.4, 0.5) is 18.3 Å². The topological polar surface area (TPSA) is 204 Å². The van der Waals surface area contributed by atoms with Crippen molar-refractivity contribution in [1.82, 2.24) is 15.2 Å². The first kappa shape index (κ1) is 34.7. The molecule has 230 valence electrons. The van der Waals surface area contributed by atoms with Gasteiger partial charge in [-0.2, -0.15) is 0 Å². The van der Waals surface area contributed by atoms with E-state index in [1.54, 1.807) is 0 Å². The molecular formula is C24H15F3N5NaO8S4. The van der Waals surface area contributed by atoms with Crippen molar-refractivity contribution in [3.8, 4) is 0 Å². The van der Waals surface area contributed by atoms with Gasteiger partial charge in [0.1, 0.15) is 29.8 Å². The number of nitrogens with zero attached hydrogens (tertiary/aromatic N) is 3. The van der Waals surface area contributed by atoms with Gasteiger partial charge in [0.25, 0.3) is 11.8 Å². The van der Waals surface area contributed by atoms with Crippen LogP contribution in [0.1, 0.15) is 16.1 Å². The van der Waals surface area contributed by atoms with Crippen molar-refractivity contribution in [3.05, 3.63) is 61.6 Å². The number of amides is 2. The Kier molecular flexibility index (Phi) is 10.6. The number of anilines is 1. The van der Waals surface area contributed by atoms with Crippen LogP contribution in [-0.4, -0.2) is 74.5 Å². The van der Waals surface area contributed by atoms with E-state index < -0.39 is 79.4 Å². The van der Waals surface area contributed by atoms with Crippen LogP contribution in [0, 0.1) is 17.5 Å². The van der Waals surface area contributed by atoms with Crippen LogP contribution in [0.5, 0.6) is 0 Å². The molecule has 0 saturated carbocycles. The monoisotopic (exact) mass is 709 g/mol. The van der Waals surface area contributed by atoms with Gasteiger partial charge in [-0.1, -0.05) is 5.16 Å². The zero-order valence-corrected chi connectivity index (χ0v) is 28.0. The molecule has 4 heterocycles. The molecule has 4 N–H and O–H groups in total. The van der Waals surface area contributed by atoms with E-state index >= 15 is 0 Å². The molecule has 0 radical (unpaired) electrons. The quantitative estimate of drug-likeness (QED) is 0.0550. The summed E-state index contributed by atoms with van der Waals surface area (Å²) in [6.07, 6.45) is 0. The van der Waals surface area contributed by atoms with Crippen molar-refractivity contribution in [1.29, 1.82) is 0 Å². The van der Waals surface area contributed by atoms with Gasteiger partial charge in [0.2, 0.25) is 5.43 Å². The number of nitrogen functional groups attached to an aromatic ring is 1. The average molecular weight is 710 g/mol. The smallest absolute Gasteiger partial charge is 0.543 e. The fourth-order valence-electron chi connectivity index (χ4n) is 4.34. The number of fused-ring (bicyclic) bond motifs is 2. The molecule has 0 bridgehead atoms. The Labute approximate surface area is 288 Å². The third-order valence-electron chi connectivity index (χ3n) is 6.27. The van der Waals surface area contributed by atoms with Crippen molar-refractivity contribution < 1.29 is 77.0 Å². The SMILES string of the molecule is CO/N=C(\C(=O)N[C@@H]1C(=O)N2C(C(=O)[O-])=C(CSc3sc4c(F)c(F)c(F)cc4c(=O)c3C(=O)O)CS[C@@H]12)c1csc(N)n1.[Na+]. The molecule has 0 spiro atoms. The zero-order valence-electron chi connectivity index (χ0n) is 22.7. The minimum Gasteiger partial charge on any atom is -0.543 e. The fraction of sp³-hybridized carbons (Fsp3) is 0.208. The molecule has 2 atom stereocenters. The Balaban J connectivity index is 0.00000461. The van der Waals surface area contributed by atoms with Gasteiger partial charge in [0.05, 0.1) is 20.6 Å². The second kappa shape index (κ2) is 13.7. The number of halogens is 3. The van der Waals surface area contributed by atoms with Gasteiger partial charge in [0.15, 0.2) is 28.3 Å². The van der Waals surface area contributed by atoms with Gasteiger partial charge in [-0.3, -0.25) is 19.3 Å². The summed E-state index contributed by atoms with van der Waals surface area (Å²) >= 11 is 3.13. The first-order valence-electron chi connectivity index (χ1n) is 11.9. The van der Waals surface area contributed by atoms with Crippen molar-refractivity contribution in [2.24, 2.45) is 5.16 Å². The van der Waals surface area contributed by atoms with Crippen LogP contribution < -0.4 is 51.1 Å². The molecule has 13 nitrogen and oxygen atoms in total. The second-order valence-corrected chi connectivity index (χ2v) is 13.1. The number of aromatic nitrogens is 1. The standard InChI is InChI=1S/C24H16F3N5O8S4.Na/c1-40-31-13(9-5-43-24(28)29-9)18(34)30-14-19(35)32-15(22(38)39)6(3-41-20(14)32)4-42-23-10(21(36)37)16(33)7-2-8(25)11(26)12(27)17(7)44-23;/h2,5,14,20H,3-4H2,1H3,(H2,28,29)(H,30,34)(H,36,37)(H,38,39);/q;+1/p-1/b31-13-;/t14-,20+;/m1./s1. The van der Waals surface area contributed by atoms with Crippen molar-refractivity contribution >= 4 is 90.9 Å². The van der Waals surface area contributed by atoms with Crippen molar-refractivity contribution in [2.75, 3.05) is 24.3 Å². The summed E-state index contributed by atoms with van der Waals surface area (Å²) in [5.74, 6) is -10.6. The van der Waals surface area contributed by atoms with Gasteiger partial charge < -0.3 is 30.9 Å². The molecule has 3 aromatic rings. The molecule has 1 aromatic carbocycles. The summed E-state index contributed by atoms with van der Waals surface area (Å²) in [5.41, 5.74) is 2.89. The fourth-order valence-corrected chi connectivity index (χ4v) is 8.80. The van der Waals surface area contributed by atoms with Crippen molar-refractivity contribution in [3.63, 3.8) is 0 Å². The number of nitrogens with two attached hydrogens (primary N) is 1. The Morgan fingerprint density at radius 1 is 1.29 bits per heavy atom. The van der Waals surface area contributed by atoms with Crippen LogP contribution >= 0.6 is 46.2 Å². The van der Waals surface area contributed by atoms with E-state index in [2.05, 4.69) is 15.5 Å². The summed E-state index contributed by atoms with van der Waals surface area (Å²) in [4.78, 5) is 72.4. The van der Waals surface area contributed by atoms with E-state index in [0.29, 0.717) is 29.2 Å². The van der Waals surface area contributed by atoms with E-state index in [1.807, 2.05) is 0 Å². The molecule has 1 saturated heterocycles. The van der Waals surface area contributed by atoms with Gasteiger partial charge in [0, 0.05) is 22.3 Å². The largest absolute Gasteiger partial charge is 1.00 e. The molecule has 2 aliphatic heterocycles. The number of carbonyl (C=O) groups excluding carboxylic acids is 3. The Bertz CT molecular complexity index is 1900. The summed E-state index contributed by atoms with van der Waals surface area (Å²) in [6, 6.07) is -0.764. The van der Waals surface area contributed by atoms with Gasteiger partial charge in [-0.05, 0) is 11.6 Å².